The Bertz CT molecular complexity index is 1090. The van der Waals surface area contributed by atoms with Crippen LogP contribution in [0.1, 0.15) is 24.3 Å². The molecule has 0 spiro atoms. The lowest BCUT2D eigenvalue weighted by atomic mass is 9.90. The van der Waals surface area contributed by atoms with E-state index in [1.54, 1.807) is 12.1 Å². The van der Waals surface area contributed by atoms with Gasteiger partial charge >= 0.3 is 0 Å². The molecule has 0 radical (unpaired) electrons. The van der Waals surface area contributed by atoms with Crippen molar-refractivity contribution in [1.82, 2.24) is 17.2 Å². The Labute approximate surface area is 199 Å². The van der Waals surface area contributed by atoms with Crippen LogP contribution in [0.15, 0.2) is 24.3 Å². The highest BCUT2D eigenvalue weighted by Crippen LogP contribution is 2.31. The van der Waals surface area contributed by atoms with Crippen molar-refractivity contribution < 1.29 is 30.8 Å². The van der Waals surface area contributed by atoms with E-state index in [0.717, 1.165) is 14.2 Å². The van der Waals surface area contributed by atoms with Crippen LogP contribution in [0.2, 0.25) is 0 Å². The zero-order valence-electron chi connectivity index (χ0n) is 18.8. The number of benzene rings is 1. The lowest BCUT2D eigenvalue weighted by Crippen LogP contribution is -2.64. The van der Waals surface area contributed by atoms with E-state index < -0.39 is 32.4 Å². The van der Waals surface area contributed by atoms with Gasteiger partial charge in [-0.3, -0.25) is 4.79 Å². The van der Waals surface area contributed by atoms with Crippen LogP contribution >= 0.6 is 0 Å². The smallest absolute Gasteiger partial charge is 0.282 e. The van der Waals surface area contributed by atoms with E-state index in [0.29, 0.717) is 12.8 Å². The Hall–Kier alpha value is -1.68. The van der Waals surface area contributed by atoms with Gasteiger partial charge in [0.15, 0.2) is 0 Å². The second-order valence-corrected chi connectivity index (χ2v) is 12.4. The molecule has 3 saturated heterocycles. The molecule has 1 aromatic carbocycles. The molecule has 0 bridgehead atoms. The summed E-state index contributed by atoms with van der Waals surface area (Å²) in [6.45, 7) is 0.855. The number of ether oxygens (including phenoxy) is 1. The van der Waals surface area contributed by atoms with Gasteiger partial charge in [0.1, 0.15) is 11.9 Å². The summed E-state index contributed by atoms with van der Waals surface area (Å²) in [5.74, 6) is -1.11. The van der Waals surface area contributed by atoms with E-state index >= 15 is 0 Å². The zero-order valence-corrected chi connectivity index (χ0v) is 20.4. The van der Waals surface area contributed by atoms with Crippen LogP contribution in [-0.2, 0) is 30.0 Å². The molecule has 4 rings (SSSR count). The number of nitrogens with two attached hydrogens (primary N) is 1. The molecule has 3 aliphatic rings. The molecule has 3 aliphatic heterocycles. The third kappa shape index (κ3) is 5.12. The molecular formula is C20H30FN5O6S2. The molecular weight excluding hydrogens is 489 g/mol. The molecule has 2 N–H and O–H groups in total. The van der Waals surface area contributed by atoms with E-state index in [4.69, 9.17) is 10.5 Å². The van der Waals surface area contributed by atoms with E-state index in [2.05, 4.69) is 0 Å². The monoisotopic (exact) mass is 519 g/mol. The van der Waals surface area contributed by atoms with Gasteiger partial charge in [-0.25, -0.2) is 4.39 Å². The Morgan fingerprint density at radius 2 is 1.44 bits per heavy atom. The number of amides is 1. The van der Waals surface area contributed by atoms with Crippen LogP contribution < -0.4 is 5.73 Å². The highest BCUT2D eigenvalue weighted by atomic mass is 32.2. The molecule has 11 nitrogen and oxygen atoms in total. The number of piperazine rings is 1. The minimum atomic E-state index is -4.03. The minimum absolute atomic E-state index is 0.0747. The topological polar surface area (TPSA) is 134 Å². The number of piperidine rings is 1. The van der Waals surface area contributed by atoms with Gasteiger partial charge in [-0.2, -0.15) is 34.1 Å². The molecule has 0 aliphatic carbocycles. The van der Waals surface area contributed by atoms with Gasteiger partial charge in [-0.15, -0.1) is 0 Å². The van der Waals surface area contributed by atoms with E-state index in [-0.39, 0.29) is 70.8 Å². The van der Waals surface area contributed by atoms with E-state index in [1.165, 1.54) is 20.7 Å². The fourth-order valence-electron chi connectivity index (χ4n) is 4.70. The summed E-state index contributed by atoms with van der Waals surface area (Å²) in [6, 6.07) is 4.90. The van der Waals surface area contributed by atoms with E-state index in [1.807, 2.05) is 0 Å². The maximum Gasteiger partial charge on any atom is 0.282 e. The number of carbonyl (C=O) groups is 1. The third-order valence-electron chi connectivity index (χ3n) is 6.66. The minimum Gasteiger partial charge on any atom is -0.379 e. The van der Waals surface area contributed by atoms with Gasteiger partial charge in [0.2, 0.25) is 5.91 Å². The van der Waals surface area contributed by atoms with Crippen LogP contribution in [0.3, 0.4) is 0 Å². The first-order valence-corrected chi connectivity index (χ1v) is 14.0. The Morgan fingerprint density at radius 3 is 2.03 bits per heavy atom. The van der Waals surface area contributed by atoms with Gasteiger partial charge in [-0.1, -0.05) is 12.1 Å². The number of morpholine rings is 1. The standard InChI is InChI=1S/C20H30FN5O6S2/c21-18-3-1-16(2-4-18)17-5-7-23(8-6-17)34(30,31)26-10-9-25(15-19(26)20(22)27)33(28,29)24-11-13-32-14-12-24/h1-4,17,19H,5-15H2,(H2,22,27)/t19-/m1/s1. The van der Waals surface area contributed by atoms with Crippen molar-refractivity contribution >= 4 is 26.3 Å². The largest absolute Gasteiger partial charge is 0.379 e. The first-order valence-electron chi connectivity index (χ1n) is 11.3. The fraction of sp³-hybridized carbons (Fsp3) is 0.650. The van der Waals surface area contributed by atoms with E-state index in [9.17, 15) is 26.0 Å². The van der Waals surface area contributed by atoms with Crippen LogP contribution in [0.4, 0.5) is 4.39 Å². The fourth-order valence-corrected chi connectivity index (χ4v) is 8.05. The predicted molar refractivity (Wildman–Crippen MR) is 121 cm³/mol. The summed E-state index contributed by atoms with van der Waals surface area (Å²) in [5.41, 5.74) is 6.48. The lowest BCUT2D eigenvalue weighted by Gasteiger charge is -2.43. The quantitative estimate of drug-likeness (QED) is 0.528. The Balaban J connectivity index is 1.44. The van der Waals surface area contributed by atoms with Crippen LogP contribution in [0.5, 0.6) is 0 Å². The van der Waals surface area contributed by atoms with Crippen LogP contribution in [0, 0.1) is 5.82 Å². The Morgan fingerprint density at radius 1 is 0.853 bits per heavy atom. The number of hydrogen-bond donors (Lipinski definition) is 1. The van der Waals surface area contributed by atoms with Crippen LogP contribution in [-0.4, -0.2) is 105 Å². The molecule has 3 heterocycles. The number of rotatable bonds is 6. The molecule has 34 heavy (non-hydrogen) atoms. The molecule has 1 amide bonds. The highest BCUT2D eigenvalue weighted by Gasteiger charge is 2.45. The van der Waals surface area contributed by atoms with Crippen molar-refractivity contribution in [2.24, 2.45) is 5.73 Å². The van der Waals surface area contributed by atoms with Crippen LogP contribution in [0.25, 0.3) is 0 Å². The van der Waals surface area contributed by atoms with Gasteiger partial charge in [0.25, 0.3) is 20.4 Å². The maximum absolute atomic E-state index is 13.4. The maximum atomic E-state index is 13.4. The average molecular weight is 520 g/mol. The van der Waals surface area contributed by atoms with Crippen molar-refractivity contribution in [2.75, 3.05) is 59.0 Å². The molecule has 1 aromatic rings. The summed E-state index contributed by atoms with van der Waals surface area (Å²) >= 11 is 0. The molecule has 3 fully saturated rings. The summed E-state index contributed by atoms with van der Waals surface area (Å²) < 4.78 is 76.0. The van der Waals surface area contributed by atoms with Gasteiger partial charge in [0, 0.05) is 45.8 Å². The molecule has 0 unspecified atom stereocenters. The van der Waals surface area contributed by atoms with Gasteiger partial charge in [0.05, 0.1) is 13.2 Å². The number of hydrogen-bond acceptors (Lipinski definition) is 6. The number of nitrogens with zero attached hydrogens (tertiary/aromatic N) is 4. The van der Waals surface area contributed by atoms with Crippen molar-refractivity contribution in [2.45, 2.75) is 24.8 Å². The Kier molecular flexibility index (Phi) is 7.57. The third-order valence-corrected chi connectivity index (χ3v) is 10.7. The second kappa shape index (κ2) is 10.1. The van der Waals surface area contributed by atoms with Gasteiger partial charge in [-0.05, 0) is 36.5 Å². The normalized spacial score (nSPS) is 25.4. The number of carbonyl (C=O) groups excluding carboxylic acids is 1. The summed E-state index contributed by atoms with van der Waals surface area (Å²) in [7, 11) is -7.90. The van der Waals surface area contributed by atoms with Crippen molar-refractivity contribution in [3.63, 3.8) is 0 Å². The van der Waals surface area contributed by atoms with Crippen molar-refractivity contribution in [3.8, 4) is 0 Å². The SMILES string of the molecule is NC(=O)[C@H]1CN(S(=O)(=O)N2CCOCC2)CCN1S(=O)(=O)N1CCC(c2ccc(F)cc2)CC1. The lowest BCUT2D eigenvalue weighted by molar-refractivity contribution is -0.122. The molecule has 14 heteroatoms. The molecule has 1 atom stereocenters. The number of halogens is 1. The van der Waals surface area contributed by atoms with Crippen molar-refractivity contribution in [3.05, 3.63) is 35.6 Å². The van der Waals surface area contributed by atoms with Crippen molar-refractivity contribution in [1.29, 1.82) is 0 Å². The second-order valence-electron chi connectivity index (χ2n) is 8.64. The molecule has 0 saturated carbocycles. The highest BCUT2D eigenvalue weighted by molar-refractivity contribution is 7.87. The molecule has 0 aromatic heterocycles. The first kappa shape index (κ1) is 25.4. The van der Waals surface area contributed by atoms with Gasteiger partial charge < -0.3 is 10.5 Å². The summed E-state index contributed by atoms with van der Waals surface area (Å²) in [6.07, 6.45) is 1.11. The zero-order chi connectivity index (χ0) is 24.5. The predicted octanol–water partition coefficient (Wildman–Crippen LogP) is -0.702. The average Bonchev–Trinajstić information content (AvgIpc) is 2.84. The summed E-state index contributed by atoms with van der Waals surface area (Å²) in [4.78, 5) is 12.2. The first-order chi connectivity index (χ1) is 16.1. The number of primary amides is 1. The molecule has 190 valence electrons. The summed E-state index contributed by atoms with van der Waals surface area (Å²) in [5, 5.41) is 0.